The van der Waals surface area contributed by atoms with Gasteiger partial charge in [-0.3, -0.25) is 5.32 Å². The molecule has 7 heteroatoms. The van der Waals surface area contributed by atoms with Gasteiger partial charge in [-0.1, -0.05) is 55.8 Å². The van der Waals surface area contributed by atoms with Crippen molar-refractivity contribution in [2.75, 3.05) is 29.6 Å². The van der Waals surface area contributed by atoms with Crippen molar-refractivity contribution in [2.24, 2.45) is 0 Å². The lowest BCUT2D eigenvalue weighted by Gasteiger charge is -2.19. The maximum Gasteiger partial charge on any atom is 0.411 e. The van der Waals surface area contributed by atoms with Gasteiger partial charge in [0.2, 0.25) is 0 Å². The summed E-state index contributed by atoms with van der Waals surface area (Å²) in [7, 11) is 1.86. The van der Waals surface area contributed by atoms with Crippen LogP contribution in [0.4, 0.5) is 21.9 Å². The Morgan fingerprint density at radius 3 is 2.67 bits per heavy atom. The van der Waals surface area contributed by atoms with Crippen molar-refractivity contribution in [3.63, 3.8) is 0 Å². The summed E-state index contributed by atoms with van der Waals surface area (Å²) in [5.41, 5.74) is 4.50. The number of aromatic nitrogens is 1. The van der Waals surface area contributed by atoms with E-state index in [0.29, 0.717) is 17.9 Å². The number of nitrogens with one attached hydrogen (secondary N) is 3. The number of benzene rings is 3. The molecule has 3 aromatic carbocycles. The van der Waals surface area contributed by atoms with Crippen LogP contribution in [0.15, 0.2) is 66.7 Å². The van der Waals surface area contributed by atoms with Crippen LogP contribution in [0, 0.1) is 0 Å². The third-order valence-electron chi connectivity index (χ3n) is 5.44. The third-order valence-corrected chi connectivity index (χ3v) is 5.44. The number of carbonyl (C=O) groups is 1. The number of hydrogen-bond donors (Lipinski definition) is 4. The molecule has 33 heavy (non-hydrogen) atoms. The molecule has 0 aliphatic rings. The Kier molecular flexibility index (Phi) is 6.90. The van der Waals surface area contributed by atoms with Gasteiger partial charge in [0.1, 0.15) is 0 Å². The van der Waals surface area contributed by atoms with Gasteiger partial charge < -0.3 is 20.5 Å². The molecule has 0 bridgehead atoms. The fourth-order valence-electron chi connectivity index (χ4n) is 3.74. The topological polar surface area (TPSA) is 95.5 Å². The van der Waals surface area contributed by atoms with Crippen LogP contribution in [0.25, 0.3) is 21.8 Å². The minimum atomic E-state index is -1.00. The minimum absolute atomic E-state index is 0.378. The number of pyridine rings is 1. The Morgan fingerprint density at radius 1 is 1.06 bits per heavy atom. The van der Waals surface area contributed by atoms with Crippen LogP contribution in [0.3, 0.4) is 0 Å². The third kappa shape index (κ3) is 4.99. The highest BCUT2D eigenvalue weighted by Crippen LogP contribution is 2.35. The molecular formula is C26H28N4O3. The SMILES string of the molecule is CCCCOC(=O)Nc1cccc(C(O)Nc2c3ccccc3nc3c(NC)cccc23)c1. The maximum atomic E-state index is 12.0. The van der Waals surface area contributed by atoms with Gasteiger partial charge in [-0.2, -0.15) is 0 Å². The van der Waals surface area contributed by atoms with E-state index in [2.05, 4.69) is 16.0 Å². The van der Waals surface area contributed by atoms with Crippen LogP contribution in [0.1, 0.15) is 31.6 Å². The number of para-hydroxylation sites is 2. The Morgan fingerprint density at radius 2 is 1.85 bits per heavy atom. The number of hydrogen-bond acceptors (Lipinski definition) is 6. The Bertz CT molecular complexity index is 1280. The van der Waals surface area contributed by atoms with Crippen molar-refractivity contribution in [2.45, 2.75) is 26.0 Å². The zero-order valence-corrected chi connectivity index (χ0v) is 18.8. The monoisotopic (exact) mass is 444 g/mol. The van der Waals surface area contributed by atoms with Gasteiger partial charge in [0, 0.05) is 29.1 Å². The van der Waals surface area contributed by atoms with Crippen LogP contribution >= 0.6 is 0 Å². The van der Waals surface area contributed by atoms with Crippen molar-refractivity contribution in [3.8, 4) is 0 Å². The number of anilines is 3. The lowest BCUT2D eigenvalue weighted by molar-refractivity contribution is 0.160. The molecule has 4 N–H and O–H groups in total. The molecule has 0 aliphatic carbocycles. The van der Waals surface area contributed by atoms with Gasteiger partial charge in [0.25, 0.3) is 0 Å². The van der Waals surface area contributed by atoms with Crippen LogP contribution in [-0.4, -0.2) is 29.8 Å². The van der Waals surface area contributed by atoms with E-state index in [9.17, 15) is 9.90 Å². The molecule has 1 atom stereocenters. The second kappa shape index (κ2) is 10.2. The van der Waals surface area contributed by atoms with Gasteiger partial charge in [-0.25, -0.2) is 9.78 Å². The summed E-state index contributed by atoms with van der Waals surface area (Å²) in [6, 6.07) is 20.8. The predicted molar refractivity (Wildman–Crippen MR) is 134 cm³/mol. The van der Waals surface area contributed by atoms with Gasteiger partial charge >= 0.3 is 6.09 Å². The first-order chi connectivity index (χ1) is 16.1. The van der Waals surface area contributed by atoms with Crippen molar-refractivity contribution in [1.29, 1.82) is 0 Å². The number of fused-ring (bicyclic) bond motifs is 2. The Hall–Kier alpha value is -3.84. The summed E-state index contributed by atoms with van der Waals surface area (Å²) in [6.45, 7) is 2.41. The van der Waals surface area contributed by atoms with E-state index in [1.54, 1.807) is 24.3 Å². The molecule has 4 rings (SSSR count). The van der Waals surface area contributed by atoms with E-state index < -0.39 is 12.3 Å². The Labute approximate surface area is 192 Å². The number of amides is 1. The summed E-state index contributed by atoms with van der Waals surface area (Å²) < 4.78 is 5.16. The van der Waals surface area contributed by atoms with E-state index >= 15 is 0 Å². The second-order valence-corrected chi connectivity index (χ2v) is 7.74. The average Bonchev–Trinajstić information content (AvgIpc) is 2.83. The molecular weight excluding hydrogens is 416 g/mol. The van der Waals surface area contributed by atoms with Crippen molar-refractivity contribution in [1.82, 2.24) is 4.98 Å². The molecule has 1 heterocycles. The first kappa shape index (κ1) is 22.4. The maximum absolute atomic E-state index is 12.0. The van der Waals surface area contributed by atoms with E-state index in [0.717, 1.165) is 46.0 Å². The summed E-state index contributed by atoms with van der Waals surface area (Å²) >= 11 is 0. The number of rotatable bonds is 8. The zero-order valence-electron chi connectivity index (χ0n) is 18.8. The Balaban J connectivity index is 1.64. The van der Waals surface area contributed by atoms with Crippen molar-refractivity contribution in [3.05, 3.63) is 72.3 Å². The van der Waals surface area contributed by atoms with E-state index in [-0.39, 0.29) is 0 Å². The summed E-state index contributed by atoms with van der Waals surface area (Å²) in [4.78, 5) is 16.8. The second-order valence-electron chi connectivity index (χ2n) is 7.74. The fraction of sp³-hybridized carbons (Fsp3) is 0.231. The van der Waals surface area contributed by atoms with E-state index in [1.165, 1.54) is 0 Å². The van der Waals surface area contributed by atoms with Gasteiger partial charge in [0.15, 0.2) is 6.23 Å². The van der Waals surface area contributed by atoms with Crippen molar-refractivity contribution < 1.29 is 14.6 Å². The fourth-order valence-corrected chi connectivity index (χ4v) is 3.74. The molecule has 7 nitrogen and oxygen atoms in total. The molecule has 1 unspecified atom stereocenters. The molecule has 1 amide bonds. The minimum Gasteiger partial charge on any atom is -0.449 e. The first-order valence-corrected chi connectivity index (χ1v) is 11.1. The predicted octanol–water partition coefficient (Wildman–Crippen LogP) is 5.88. The molecule has 170 valence electrons. The lowest BCUT2D eigenvalue weighted by Crippen LogP contribution is -2.15. The van der Waals surface area contributed by atoms with E-state index in [1.807, 2.05) is 56.4 Å². The number of carbonyl (C=O) groups excluding carboxylic acids is 1. The number of aliphatic hydroxyl groups is 1. The molecule has 1 aromatic heterocycles. The number of unbranched alkanes of at least 4 members (excludes halogenated alkanes) is 1. The standard InChI is InChI=1S/C26H28N4O3/c1-3-4-15-33-26(32)28-18-10-7-9-17(16-18)25(31)30-23-19-11-5-6-13-21(19)29-24-20(23)12-8-14-22(24)27-2/h5-14,16,25,27,31H,3-4,15H2,1-2H3,(H,28,32)(H,29,30). The highest BCUT2D eigenvalue weighted by atomic mass is 16.5. The molecule has 0 aliphatic heterocycles. The van der Waals surface area contributed by atoms with Gasteiger partial charge in [-0.05, 0) is 30.7 Å². The highest BCUT2D eigenvalue weighted by Gasteiger charge is 2.16. The summed E-state index contributed by atoms with van der Waals surface area (Å²) in [5.74, 6) is 0. The largest absolute Gasteiger partial charge is 0.449 e. The molecule has 0 fully saturated rings. The highest BCUT2D eigenvalue weighted by molar-refractivity contribution is 6.10. The number of nitrogens with zero attached hydrogens (tertiary/aromatic N) is 1. The van der Waals surface area contributed by atoms with Crippen LogP contribution in [0.2, 0.25) is 0 Å². The summed E-state index contributed by atoms with van der Waals surface area (Å²) in [5, 5.41) is 22.0. The molecule has 0 saturated carbocycles. The van der Waals surface area contributed by atoms with Gasteiger partial charge in [0.05, 0.1) is 29.0 Å². The quantitative estimate of drug-likeness (QED) is 0.154. The van der Waals surface area contributed by atoms with E-state index in [4.69, 9.17) is 9.72 Å². The smallest absolute Gasteiger partial charge is 0.411 e. The van der Waals surface area contributed by atoms with Crippen LogP contribution in [-0.2, 0) is 4.74 Å². The molecule has 0 radical (unpaired) electrons. The van der Waals surface area contributed by atoms with Gasteiger partial charge in [-0.15, -0.1) is 0 Å². The zero-order chi connectivity index (χ0) is 23.2. The lowest BCUT2D eigenvalue weighted by atomic mass is 10.1. The molecule has 4 aromatic rings. The number of aliphatic hydroxyl groups excluding tert-OH is 1. The van der Waals surface area contributed by atoms with Crippen LogP contribution < -0.4 is 16.0 Å². The molecule has 0 spiro atoms. The normalized spacial score (nSPS) is 11.8. The first-order valence-electron chi connectivity index (χ1n) is 11.1. The molecule has 0 saturated heterocycles. The summed E-state index contributed by atoms with van der Waals surface area (Å²) in [6.07, 6.45) is 0.262. The van der Waals surface area contributed by atoms with Crippen molar-refractivity contribution >= 4 is 45.0 Å². The van der Waals surface area contributed by atoms with Crippen LogP contribution in [0.5, 0.6) is 0 Å². The average molecular weight is 445 g/mol. The number of ether oxygens (including phenoxy) is 1.